The van der Waals surface area contributed by atoms with E-state index < -0.39 is 11.6 Å². The quantitative estimate of drug-likeness (QED) is 0.399. The lowest BCUT2D eigenvalue weighted by Crippen LogP contribution is -2.09. The minimum atomic E-state index is -1.03. The molecule has 3 aromatic rings. The van der Waals surface area contributed by atoms with Gasteiger partial charge in [-0.2, -0.15) is 4.39 Å². The van der Waals surface area contributed by atoms with Crippen LogP contribution in [0.5, 0.6) is 5.75 Å². The van der Waals surface area contributed by atoms with E-state index in [1.54, 1.807) is 42.5 Å². The van der Waals surface area contributed by atoms with Gasteiger partial charge in [0.05, 0.1) is 6.10 Å². The van der Waals surface area contributed by atoms with Crippen LogP contribution in [0.15, 0.2) is 72.8 Å². The predicted octanol–water partition coefficient (Wildman–Crippen LogP) is 7.32. The van der Waals surface area contributed by atoms with Crippen LogP contribution in [0.4, 0.5) is 13.2 Å². The molecule has 0 saturated heterocycles. The maximum absolute atomic E-state index is 14.9. The number of rotatable bonds is 6. The number of hydrogen-bond acceptors (Lipinski definition) is 2. The number of benzene rings is 3. The van der Waals surface area contributed by atoms with Gasteiger partial charge in [0.1, 0.15) is 12.4 Å². The van der Waals surface area contributed by atoms with Crippen LogP contribution in [-0.4, -0.2) is 17.8 Å². The minimum absolute atomic E-state index is 0.111. The first-order chi connectivity index (χ1) is 16.0. The van der Waals surface area contributed by atoms with Crippen LogP contribution in [0.2, 0.25) is 0 Å². The van der Waals surface area contributed by atoms with Crippen LogP contribution in [0.25, 0.3) is 27.8 Å². The zero-order chi connectivity index (χ0) is 23.4. The summed E-state index contributed by atoms with van der Waals surface area (Å²) in [6.07, 6.45) is 7.08. The Morgan fingerprint density at radius 1 is 0.909 bits per heavy atom. The normalized spacial score (nSPS) is 16.2. The van der Waals surface area contributed by atoms with Gasteiger partial charge >= 0.3 is 0 Å². The van der Waals surface area contributed by atoms with Crippen molar-refractivity contribution in [2.75, 3.05) is 6.61 Å². The summed E-state index contributed by atoms with van der Waals surface area (Å²) in [5.41, 5.74) is 3.52. The number of allylic oxidation sites excluding steroid dienone is 2. The molecule has 170 valence electrons. The maximum atomic E-state index is 14.9. The van der Waals surface area contributed by atoms with Crippen LogP contribution >= 0.6 is 0 Å². The lowest BCUT2D eigenvalue weighted by atomic mass is 9.91. The van der Waals surface area contributed by atoms with Gasteiger partial charge in [0, 0.05) is 11.1 Å². The van der Waals surface area contributed by atoms with Crippen LogP contribution < -0.4 is 4.74 Å². The highest BCUT2D eigenvalue weighted by molar-refractivity contribution is 5.74. The molecule has 0 heterocycles. The highest BCUT2D eigenvalue weighted by atomic mass is 19.2. The van der Waals surface area contributed by atoms with E-state index in [4.69, 9.17) is 4.74 Å². The summed E-state index contributed by atoms with van der Waals surface area (Å²) in [5.74, 6) is -2.52. The van der Waals surface area contributed by atoms with Crippen LogP contribution in [0.1, 0.15) is 31.7 Å². The number of hydrogen-bond donors (Lipinski definition) is 1. The molecule has 5 heteroatoms. The van der Waals surface area contributed by atoms with Crippen molar-refractivity contribution in [3.8, 4) is 28.0 Å². The second-order valence-corrected chi connectivity index (χ2v) is 8.05. The molecule has 2 nitrogen and oxygen atoms in total. The van der Waals surface area contributed by atoms with Gasteiger partial charge < -0.3 is 9.84 Å². The van der Waals surface area contributed by atoms with E-state index in [-0.39, 0.29) is 29.8 Å². The smallest absolute Gasteiger partial charge is 0.201 e. The third kappa shape index (κ3) is 5.04. The topological polar surface area (TPSA) is 29.5 Å². The molecule has 0 aromatic heterocycles. The summed E-state index contributed by atoms with van der Waals surface area (Å²) in [4.78, 5) is 0. The SMILES string of the molecule is C/C=C/COc1ccc(-c2ccc(-c3ccc(C4=CCC(O)CC4)cc3F)cc2)c(F)c1F. The molecule has 1 aliphatic carbocycles. The van der Waals surface area contributed by atoms with Crippen LogP contribution in [0.3, 0.4) is 0 Å². The van der Waals surface area contributed by atoms with Gasteiger partial charge in [-0.15, -0.1) is 0 Å². The molecule has 4 rings (SSSR count). The van der Waals surface area contributed by atoms with E-state index in [1.165, 1.54) is 18.2 Å². The summed E-state index contributed by atoms with van der Waals surface area (Å²) >= 11 is 0. The van der Waals surface area contributed by atoms with Gasteiger partial charge in [-0.05, 0) is 66.6 Å². The molecule has 0 spiro atoms. The molecular formula is C28H25F3O2. The van der Waals surface area contributed by atoms with Crippen molar-refractivity contribution in [2.24, 2.45) is 0 Å². The first kappa shape index (κ1) is 22.9. The molecule has 1 atom stereocenters. The Hall–Kier alpha value is -3.31. The van der Waals surface area contributed by atoms with E-state index in [2.05, 4.69) is 0 Å². The Morgan fingerprint density at radius 2 is 1.58 bits per heavy atom. The van der Waals surface area contributed by atoms with Crippen molar-refractivity contribution < 1.29 is 23.0 Å². The van der Waals surface area contributed by atoms with Crippen molar-refractivity contribution in [3.63, 3.8) is 0 Å². The van der Waals surface area contributed by atoms with E-state index in [1.807, 2.05) is 19.1 Å². The Morgan fingerprint density at radius 3 is 2.21 bits per heavy atom. The monoisotopic (exact) mass is 450 g/mol. The molecule has 0 radical (unpaired) electrons. The van der Waals surface area contributed by atoms with Gasteiger partial charge in [-0.3, -0.25) is 0 Å². The predicted molar refractivity (Wildman–Crippen MR) is 125 cm³/mol. The second-order valence-electron chi connectivity index (χ2n) is 8.05. The summed E-state index contributed by atoms with van der Waals surface area (Å²) in [6.45, 7) is 1.97. The molecule has 3 aromatic carbocycles. The number of halogens is 3. The third-order valence-electron chi connectivity index (χ3n) is 5.85. The molecule has 0 aliphatic heterocycles. The van der Waals surface area contributed by atoms with Gasteiger partial charge in [0.15, 0.2) is 11.6 Å². The summed E-state index contributed by atoms with van der Waals surface area (Å²) < 4.78 is 49.1. The molecule has 1 unspecified atom stereocenters. The maximum Gasteiger partial charge on any atom is 0.201 e. The Labute approximate surface area is 191 Å². The van der Waals surface area contributed by atoms with Crippen molar-refractivity contribution >= 4 is 5.57 Å². The fraction of sp³-hybridized carbons (Fsp3) is 0.214. The fourth-order valence-corrected chi connectivity index (χ4v) is 3.96. The Bertz CT molecular complexity index is 1200. The molecular weight excluding hydrogens is 425 g/mol. The molecule has 0 bridgehead atoms. The molecule has 1 N–H and O–H groups in total. The molecule has 0 fully saturated rings. The zero-order valence-corrected chi connectivity index (χ0v) is 18.3. The highest BCUT2D eigenvalue weighted by Crippen LogP contribution is 2.33. The highest BCUT2D eigenvalue weighted by Gasteiger charge is 2.17. The van der Waals surface area contributed by atoms with E-state index in [0.29, 0.717) is 29.5 Å². The van der Waals surface area contributed by atoms with Crippen LogP contribution in [0, 0.1) is 17.5 Å². The second kappa shape index (κ2) is 10.1. The van der Waals surface area contributed by atoms with Crippen molar-refractivity contribution in [1.29, 1.82) is 0 Å². The zero-order valence-electron chi connectivity index (χ0n) is 18.3. The fourth-order valence-electron chi connectivity index (χ4n) is 3.96. The summed E-state index contributed by atoms with van der Waals surface area (Å²) in [5, 5.41) is 9.64. The first-order valence-corrected chi connectivity index (χ1v) is 11.0. The lowest BCUT2D eigenvalue weighted by molar-refractivity contribution is 0.166. The molecule has 1 aliphatic rings. The Kier molecular flexibility index (Phi) is 6.99. The van der Waals surface area contributed by atoms with Gasteiger partial charge in [-0.1, -0.05) is 54.6 Å². The molecule has 33 heavy (non-hydrogen) atoms. The summed E-state index contributed by atoms with van der Waals surface area (Å²) in [7, 11) is 0. The lowest BCUT2D eigenvalue weighted by Gasteiger charge is -2.18. The average molecular weight is 451 g/mol. The Balaban J connectivity index is 1.56. The number of ether oxygens (including phenoxy) is 1. The number of aliphatic hydroxyl groups excluding tert-OH is 1. The standard InChI is InChI=1S/C28H25F3O2/c1-2-3-16-33-26-15-14-24(27(30)28(26)31)20-6-4-19(5-7-20)23-13-10-21(17-25(23)29)18-8-11-22(32)12-9-18/h2-8,10,13-15,17,22,32H,9,11-12,16H2,1H3/b3-2+. The third-order valence-corrected chi connectivity index (χ3v) is 5.85. The van der Waals surface area contributed by atoms with Gasteiger partial charge in [0.25, 0.3) is 0 Å². The summed E-state index contributed by atoms with van der Waals surface area (Å²) in [6, 6.07) is 14.7. The van der Waals surface area contributed by atoms with Crippen molar-refractivity contribution in [3.05, 3.63) is 95.8 Å². The molecule has 0 saturated carbocycles. The first-order valence-electron chi connectivity index (χ1n) is 11.0. The van der Waals surface area contributed by atoms with Gasteiger partial charge in [-0.25, -0.2) is 8.78 Å². The minimum Gasteiger partial charge on any atom is -0.486 e. The molecule has 0 amide bonds. The van der Waals surface area contributed by atoms with Gasteiger partial charge in [0.2, 0.25) is 5.82 Å². The van der Waals surface area contributed by atoms with Crippen molar-refractivity contribution in [1.82, 2.24) is 0 Å². The van der Waals surface area contributed by atoms with E-state index >= 15 is 0 Å². The van der Waals surface area contributed by atoms with Crippen LogP contribution in [-0.2, 0) is 0 Å². The van der Waals surface area contributed by atoms with E-state index in [9.17, 15) is 18.3 Å². The number of aliphatic hydroxyl groups is 1. The van der Waals surface area contributed by atoms with Crippen molar-refractivity contribution in [2.45, 2.75) is 32.3 Å². The average Bonchev–Trinajstić information content (AvgIpc) is 2.83. The van der Waals surface area contributed by atoms with E-state index in [0.717, 1.165) is 17.6 Å². The largest absolute Gasteiger partial charge is 0.486 e.